The van der Waals surface area contributed by atoms with Gasteiger partial charge in [-0.3, -0.25) is 0 Å². The number of hydrogen-bond acceptors (Lipinski definition) is 3. The van der Waals surface area contributed by atoms with Crippen molar-refractivity contribution >= 4 is 11.6 Å². The summed E-state index contributed by atoms with van der Waals surface area (Å²) in [5.41, 5.74) is 8.31. The summed E-state index contributed by atoms with van der Waals surface area (Å²) in [5.74, 6) is 1.72. The molecule has 21 heavy (non-hydrogen) atoms. The Bertz CT molecular complexity index is 508. The van der Waals surface area contributed by atoms with E-state index in [0.717, 1.165) is 47.6 Å². The topological polar surface area (TPSA) is 44.5 Å². The highest BCUT2D eigenvalue weighted by Gasteiger charge is 2.36. The van der Waals surface area contributed by atoms with Gasteiger partial charge in [-0.15, -0.1) is 0 Å². The molecule has 1 aliphatic carbocycles. The number of halogens is 1. The summed E-state index contributed by atoms with van der Waals surface area (Å²) in [5, 5.41) is 0.743. The fourth-order valence-corrected chi connectivity index (χ4v) is 3.84. The Balaban J connectivity index is 2.68. The van der Waals surface area contributed by atoms with Crippen molar-refractivity contribution in [3.05, 3.63) is 22.2 Å². The molecule has 0 radical (unpaired) electrons. The number of ether oxygens (including phenoxy) is 2. The van der Waals surface area contributed by atoms with Gasteiger partial charge >= 0.3 is 0 Å². The molecule has 0 aromatic heterocycles. The van der Waals surface area contributed by atoms with Gasteiger partial charge in [0, 0.05) is 11.1 Å². The highest BCUT2D eigenvalue weighted by molar-refractivity contribution is 6.32. The van der Waals surface area contributed by atoms with E-state index in [1.807, 2.05) is 6.07 Å². The van der Waals surface area contributed by atoms with Crippen LogP contribution in [0.4, 0.5) is 0 Å². The number of nitrogens with two attached hydrogens (primary N) is 1. The van der Waals surface area contributed by atoms with E-state index in [9.17, 15) is 0 Å². The Morgan fingerprint density at radius 2 is 1.76 bits per heavy atom. The van der Waals surface area contributed by atoms with E-state index in [2.05, 4.69) is 13.8 Å². The molecule has 0 atom stereocenters. The molecule has 1 aromatic rings. The predicted octanol–water partition coefficient (Wildman–Crippen LogP) is 4.60. The summed E-state index contributed by atoms with van der Waals surface area (Å²) in [6.45, 7) is 4.25. The van der Waals surface area contributed by atoms with Crippen LogP contribution in [0.1, 0.15) is 63.0 Å². The Morgan fingerprint density at radius 3 is 2.24 bits per heavy atom. The van der Waals surface area contributed by atoms with Gasteiger partial charge in [-0.2, -0.15) is 0 Å². The van der Waals surface area contributed by atoms with E-state index >= 15 is 0 Å². The van der Waals surface area contributed by atoms with Crippen molar-refractivity contribution < 1.29 is 9.47 Å². The van der Waals surface area contributed by atoms with Gasteiger partial charge in [0.2, 0.25) is 0 Å². The maximum atomic E-state index is 6.73. The average Bonchev–Trinajstić information content (AvgIpc) is 2.46. The molecule has 3 nitrogen and oxygen atoms in total. The third-order valence-electron chi connectivity index (χ3n) is 4.50. The highest BCUT2D eigenvalue weighted by atomic mass is 35.5. The van der Waals surface area contributed by atoms with Crippen LogP contribution < -0.4 is 15.2 Å². The lowest BCUT2D eigenvalue weighted by Crippen LogP contribution is -2.39. The number of hydrogen-bond donors (Lipinski definition) is 1. The summed E-state index contributed by atoms with van der Waals surface area (Å²) in [4.78, 5) is 0. The van der Waals surface area contributed by atoms with Gasteiger partial charge in [-0.25, -0.2) is 0 Å². The third kappa shape index (κ3) is 3.00. The van der Waals surface area contributed by atoms with Crippen molar-refractivity contribution in [2.24, 2.45) is 5.73 Å². The third-order valence-corrected chi connectivity index (χ3v) is 4.91. The van der Waals surface area contributed by atoms with Crippen molar-refractivity contribution in [3.8, 4) is 11.5 Å². The molecule has 0 aliphatic heterocycles. The zero-order valence-corrected chi connectivity index (χ0v) is 14.2. The van der Waals surface area contributed by atoms with Gasteiger partial charge in [0.15, 0.2) is 11.5 Å². The molecule has 1 aliphatic rings. The van der Waals surface area contributed by atoms with Crippen molar-refractivity contribution in [2.75, 3.05) is 14.2 Å². The van der Waals surface area contributed by atoms with Crippen LogP contribution >= 0.6 is 11.6 Å². The monoisotopic (exact) mass is 311 g/mol. The van der Waals surface area contributed by atoms with Crippen molar-refractivity contribution in [2.45, 2.75) is 57.4 Å². The Hall–Kier alpha value is -0.930. The van der Waals surface area contributed by atoms with E-state index < -0.39 is 5.54 Å². The molecule has 118 valence electrons. The first kappa shape index (κ1) is 16.4. The van der Waals surface area contributed by atoms with Crippen LogP contribution in [-0.4, -0.2) is 14.2 Å². The first-order chi connectivity index (χ1) is 9.94. The normalized spacial score (nSPS) is 17.9. The minimum Gasteiger partial charge on any atom is -0.493 e. The Morgan fingerprint density at radius 1 is 1.14 bits per heavy atom. The van der Waals surface area contributed by atoms with Crippen LogP contribution in [0.25, 0.3) is 0 Å². The molecular formula is C17H26ClNO2. The summed E-state index contributed by atoms with van der Waals surface area (Å²) in [6.07, 6.45) is 5.37. The molecule has 0 amide bonds. The van der Waals surface area contributed by atoms with E-state index in [1.165, 1.54) is 6.42 Å². The lowest BCUT2D eigenvalue weighted by atomic mass is 9.76. The van der Waals surface area contributed by atoms with Crippen LogP contribution in [0, 0.1) is 0 Å². The molecule has 2 N–H and O–H groups in total. The standard InChI is InChI=1S/C17H26ClNO2/c1-11(2)12-10-13(20-3)16(21-4)14(15(12)18)17(19)8-6-5-7-9-17/h10-11H,5-9,19H2,1-4H3. The lowest BCUT2D eigenvalue weighted by molar-refractivity contribution is 0.282. The largest absolute Gasteiger partial charge is 0.493 e. The van der Waals surface area contributed by atoms with E-state index in [4.69, 9.17) is 26.8 Å². The molecule has 2 rings (SSSR count). The molecule has 4 heteroatoms. The quantitative estimate of drug-likeness (QED) is 0.884. The van der Waals surface area contributed by atoms with Gasteiger partial charge in [0.1, 0.15) is 0 Å². The van der Waals surface area contributed by atoms with E-state index in [-0.39, 0.29) is 0 Å². The fourth-order valence-electron chi connectivity index (χ4n) is 3.29. The van der Waals surface area contributed by atoms with E-state index in [0.29, 0.717) is 11.7 Å². The summed E-state index contributed by atoms with van der Waals surface area (Å²) >= 11 is 6.72. The maximum absolute atomic E-state index is 6.73. The van der Waals surface area contributed by atoms with Gasteiger partial charge in [0.05, 0.1) is 19.2 Å². The van der Waals surface area contributed by atoms with Gasteiger partial charge in [-0.05, 0) is 30.4 Å². The molecule has 0 saturated heterocycles. The zero-order chi connectivity index (χ0) is 15.6. The van der Waals surface area contributed by atoms with E-state index in [1.54, 1.807) is 14.2 Å². The SMILES string of the molecule is COc1cc(C(C)C)c(Cl)c(C2(N)CCCCC2)c1OC. The zero-order valence-electron chi connectivity index (χ0n) is 13.5. The fraction of sp³-hybridized carbons (Fsp3) is 0.647. The molecule has 0 spiro atoms. The minimum atomic E-state index is -0.418. The van der Waals surface area contributed by atoms with Crippen LogP contribution in [0.2, 0.25) is 5.02 Å². The predicted molar refractivity (Wildman–Crippen MR) is 87.6 cm³/mol. The highest BCUT2D eigenvalue weighted by Crippen LogP contribution is 2.49. The Labute approximate surface area is 132 Å². The number of benzene rings is 1. The van der Waals surface area contributed by atoms with Gasteiger partial charge in [-0.1, -0.05) is 44.7 Å². The summed E-state index contributed by atoms with van der Waals surface area (Å²) in [7, 11) is 3.31. The number of rotatable bonds is 4. The first-order valence-electron chi connectivity index (χ1n) is 7.68. The Kier molecular flexibility index (Phi) is 5.05. The molecule has 0 unspecified atom stereocenters. The second-order valence-corrected chi connectivity index (χ2v) is 6.64. The molecule has 0 heterocycles. The first-order valence-corrected chi connectivity index (χ1v) is 8.06. The second kappa shape index (κ2) is 6.45. The maximum Gasteiger partial charge on any atom is 0.167 e. The van der Waals surface area contributed by atoms with Gasteiger partial charge < -0.3 is 15.2 Å². The van der Waals surface area contributed by atoms with Crippen LogP contribution in [0.3, 0.4) is 0 Å². The molecular weight excluding hydrogens is 286 g/mol. The van der Waals surface area contributed by atoms with Crippen molar-refractivity contribution in [1.29, 1.82) is 0 Å². The summed E-state index contributed by atoms with van der Waals surface area (Å²) < 4.78 is 11.1. The average molecular weight is 312 g/mol. The van der Waals surface area contributed by atoms with Gasteiger partial charge in [0.25, 0.3) is 0 Å². The van der Waals surface area contributed by atoms with Crippen LogP contribution in [-0.2, 0) is 5.54 Å². The van der Waals surface area contributed by atoms with Crippen LogP contribution in [0.5, 0.6) is 11.5 Å². The lowest BCUT2D eigenvalue weighted by Gasteiger charge is -2.36. The molecule has 1 saturated carbocycles. The molecule has 1 aromatic carbocycles. The summed E-state index contributed by atoms with van der Waals surface area (Å²) in [6, 6.07) is 1.97. The van der Waals surface area contributed by atoms with Crippen molar-refractivity contribution in [1.82, 2.24) is 0 Å². The van der Waals surface area contributed by atoms with Crippen molar-refractivity contribution in [3.63, 3.8) is 0 Å². The van der Waals surface area contributed by atoms with Crippen LogP contribution in [0.15, 0.2) is 6.07 Å². The smallest absolute Gasteiger partial charge is 0.167 e. The molecule has 1 fully saturated rings. The minimum absolute atomic E-state index is 0.309. The number of methoxy groups -OCH3 is 2. The molecule has 0 bridgehead atoms. The second-order valence-electron chi connectivity index (χ2n) is 6.26.